The van der Waals surface area contributed by atoms with Gasteiger partial charge in [0.2, 0.25) is 0 Å². The largest absolute Gasteiger partial charge is 0.314 e. The third-order valence-electron chi connectivity index (χ3n) is 3.80. The van der Waals surface area contributed by atoms with Gasteiger partial charge in [-0.05, 0) is 37.4 Å². The first-order valence-corrected chi connectivity index (χ1v) is 6.61. The van der Waals surface area contributed by atoms with Crippen LogP contribution in [0.1, 0.15) is 44.7 Å². The van der Waals surface area contributed by atoms with Gasteiger partial charge in [0, 0.05) is 17.7 Å². The molecule has 3 heteroatoms. The molecule has 1 aromatic rings. The fourth-order valence-corrected chi connectivity index (χ4v) is 2.79. The van der Waals surface area contributed by atoms with E-state index < -0.39 is 0 Å². The summed E-state index contributed by atoms with van der Waals surface area (Å²) in [7, 11) is 0. The zero-order valence-electron chi connectivity index (χ0n) is 10.6. The number of pyridine rings is 1. The van der Waals surface area contributed by atoms with Gasteiger partial charge in [0.25, 0.3) is 0 Å². The third kappa shape index (κ3) is 2.65. The molecule has 1 heterocycles. The monoisotopic (exact) mass is 236 g/mol. The molecular weight excluding hydrogens is 215 g/mol. The molecule has 94 valence electrons. The molecule has 0 spiro atoms. The molecule has 1 aromatic heterocycles. The Labute approximate surface area is 103 Å². The number of aromatic nitrogens is 1. The molecule has 0 aliphatic heterocycles. The quantitative estimate of drug-likeness (QED) is 0.849. The summed E-state index contributed by atoms with van der Waals surface area (Å²) in [5.74, 6) is 0.913. The summed E-state index contributed by atoms with van der Waals surface area (Å²) in [6.07, 6.45) is 4.80. The average molecular weight is 236 g/mol. The lowest BCUT2D eigenvalue weighted by molar-refractivity contribution is 0.157. The number of hydrogen-bond acceptors (Lipinski definition) is 2. The van der Waals surface area contributed by atoms with E-state index in [-0.39, 0.29) is 5.82 Å². The van der Waals surface area contributed by atoms with E-state index in [4.69, 9.17) is 0 Å². The number of nitrogens with one attached hydrogen (secondary N) is 1. The minimum Gasteiger partial charge on any atom is -0.314 e. The molecule has 1 aliphatic rings. The Kier molecular flexibility index (Phi) is 4.11. The SMILES string of the molecule is CCCNC1CC(c2ccc(F)cn2)C1CC. The van der Waals surface area contributed by atoms with Crippen LogP contribution in [-0.4, -0.2) is 17.6 Å². The van der Waals surface area contributed by atoms with Gasteiger partial charge in [0.05, 0.1) is 6.20 Å². The third-order valence-corrected chi connectivity index (χ3v) is 3.80. The van der Waals surface area contributed by atoms with Crippen molar-refractivity contribution in [2.24, 2.45) is 5.92 Å². The maximum Gasteiger partial charge on any atom is 0.141 e. The van der Waals surface area contributed by atoms with Crippen LogP contribution in [0, 0.1) is 11.7 Å². The number of rotatable bonds is 5. The van der Waals surface area contributed by atoms with Gasteiger partial charge in [-0.3, -0.25) is 4.98 Å². The van der Waals surface area contributed by atoms with Gasteiger partial charge >= 0.3 is 0 Å². The van der Waals surface area contributed by atoms with Gasteiger partial charge in [-0.25, -0.2) is 4.39 Å². The van der Waals surface area contributed by atoms with Gasteiger partial charge in [-0.2, -0.15) is 0 Å². The van der Waals surface area contributed by atoms with Crippen LogP contribution >= 0.6 is 0 Å². The molecule has 0 radical (unpaired) electrons. The van der Waals surface area contributed by atoms with Crippen molar-refractivity contribution in [3.63, 3.8) is 0 Å². The molecule has 3 unspecified atom stereocenters. The summed E-state index contributed by atoms with van der Waals surface area (Å²) in [5.41, 5.74) is 1.05. The zero-order chi connectivity index (χ0) is 12.3. The summed E-state index contributed by atoms with van der Waals surface area (Å²) < 4.78 is 12.8. The minimum absolute atomic E-state index is 0.248. The molecule has 2 nitrogen and oxygen atoms in total. The average Bonchev–Trinajstić information content (AvgIpc) is 2.31. The van der Waals surface area contributed by atoms with Gasteiger partial charge < -0.3 is 5.32 Å². The number of hydrogen-bond donors (Lipinski definition) is 1. The Balaban J connectivity index is 1.97. The van der Waals surface area contributed by atoms with Crippen molar-refractivity contribution in [1.29, 1.82) is 0 Å². The molecule has 0 bridgehead atoms. The van der Waals surface area contributed by atoms with E-state index >= 15 is 0 Å². The predicted octanol–water partition coefficient (Wildman–Crippen LogP) is 3.10. The molecule has 3 atom stereocenters. The van der Waals surface area contributed by atoms with Crippen molar-refractivity contribution in [2.45, 2.75) is 45.1 Å². The maximum atomic E-state index is 12.8. The molecule has 2 rings (SSSR count). The Morgan fingerprint density at radius 3 is 2.82 bits per heavy atom. The lowest BCUT2D eigenvalue weighted by Crippen LogP contribution is -2.49. The van der Waals surface area contributed by atoms with E-state index in [0.29, 0.717) is 17.9 Å². The Morgan fingerprint density at radius 1 is 1.41 bits per heavy atom. The van der Waals surface area contributed by atoms with Crippen molar-refractivity contribution in [2.75, 3.05) is 6.54 Å². The highest BCUT2D eigenvalue weighted by Gasteiger charge is 2.40. The van der Waals surface area contributed by atoms with E-state index in [1.54, 1.807) is 0 Å². The fraction of sp³-hybridized carbons (Fsp3) is 0.643. The van der Waals surface area contributed by atoms with E-state index in [9.17, 15) is 4.39 Å². The smallest absolute Gasteiger partial charge is 0.141 e. The van der Waals surface area contributed by atoms with E-state index in [2.05, 4.69) is 24.1 Å². The van der Waals surface area contributed by atoms with Crippen molar-refractivity contribution >= 4 is 0 Å². The molecule has 0 saturated heterocycles. The first kappa shape index (κ1) is 12.5. The van der Waals surface area contributed by atoms with Gasteiger partial charge in [-0.15, -0.1) is 0 Å². The van der Waals surface area contributed by atoms with Crippen LogP contribution in [-0.2, 0) is 0 Å². The van der Waals surface area contributed by atoms with E-state index in [1.165, 1.54) is 18.7 Å². The first-order valence-electron chi connectivity index (χ1n) is 6.61. The molecular formula is C14H21FN2. The second-order valence-electron chi connectivity index (χ2n) is 4.88. The number of halogens is 1. The molecule has 1 fully saturated rings. The normalized spacial score (nSPS) is 27.8. The standard InChI is InChI=1S/C14H21FN2/c1-3-7-16-14-8-12(11(14)4-2)13-6-5-10(15)9-17-13/h5-6,9,11-12,14,16H,3-4,7-8H2,1-2H3. The molecule has 1 saturated carbocycles. The topological polar surface area (TPSA) is 24.9 Å². The van der Waals surface area contributed by atoms with Crippen LogP contribution < -0.4 is 5.32 Å². The van der Waals surface area contributed by atoms with Crippen molar-refractivity contribution in [3.05, 3.63) is 29.8 Å². The summed E-state index contributed by atoms with van der Waals surface area (Å²) >= 11 is 0. The summed E-state index contributed by atoms with van der Waals surface area (Å²) in [6, 6.07) is 3.97. The zero-order valence-corrected chi connectivity index (χ0v) is 10.6. The molecule has 17 heavy (non-hydrogen) atoms. The van der Waals surface area contributed by atoms with Gasteiger partial charge in [0.1, 0.15) is 5.82 Å². The van der Waals surface area contributed by atoms with Crippen LogP contribution in [0.15, 0.2) is 18.3 Å². The summed E-state index contributed by atoms with van der Waals surface area (Å²) in [5, 5.41) is 3.58. The minimum atomic E-state index is -0.248. The first-order chi connectivity index (χ1) is 8.26. The summed E-state index contributed by atoms with van der Waals surface area (Å²) in [4.78, 5) is 4.21. The van der Waals surface area contributed by atoms with Crippen LogP contribution in [0.25, 0.3) is 0 Å². The highest BCUT2D eigenvalue weighted by Crippen LogP contribution is 2.43. The Bertz CT molecular complexity index is 350. The van der Waals surface area contributed by atoms with Gasteiger partial charge in [-0.1, -0.05) is 20.3 Å². The van der Waals surface area contributed by atoms with Crippen molar-refractivity contribution in [1.82, 2.24) is 10.3 Å². The number of nitrogens with zero attached hydrogens (tertiary/aromatic N) is 1. The summed E-state index contributed by atoms with van der Waals surface area (Å²) in [6.45, 7) is 5.50. The molecule has 0 aromatic carbocycles. The lowest BCUT2D eigenvalue weighted by Gasteiger charge is -2.44. The van der Waals surface area contributed by atoms with Crippen LogP contribution in [0.3, 0.4) is 0 Å². The Morgan fingerprint density at radius 2 is 2.24 bits per heavy atom. The van der Waals surface area contributed by atoms with Crippen LogP contribution in [0.2, 0.25) is 0 Å². The van der Waals surface area contributed by atoms with Crippen LogP contribution in [0.5, 0.6) is 0 Å². The fourth-order valence-electron chi connectivity index (χ4n) is 2.79. The second kappa shape index (κ2) is 5.58. The highest BCUT2D eigenvalue weighted by atomic mass is 19.1. The van der Waals surface area contributed by atoms with E-state index in [0.717, 1.165) is 25.1 Å². The Hall–Kier alpha value is -0.960. The van der Waals surface area contributed by atoms with Crippen molar-refractivity contribution in [3.8, 4) is 0 Å². The van der Waals surface area contributed by atoms with E-state index in [1.807, 2.05) is 6.07 Å². The lowest BCUT2D eigenvalue weighted by atomic mass is 9.66. The second-order valence-corrected chi connectivity index (χ2v) is 4.88. The predicted molar refractivity (Wildman–Crippen MR) is 67.4 cm³/mol. The molecule has 1 N–H and O–H groups in total. The van der Waals surface area contributed by atoms with Crippen LogP contribution in [0.4, 0.5) is 4.39 Å². The maximum absolute atomic E-state index is 12.8. The molecule has 1 aliphatic carbocycles. The molecule has 0 amide bonds. The highest BCUT2D eigenvalue weighted by molar-refractivity contribution is 5.17. The van der Waals surface area contributed by atoms with Crippen molar-refractivity contribution < 1.29 is 4.39 Å². The van der Waals surface area contributed by atoms with Gasteiger partial charge in [0.15, 0.2) is 0 Å².